The van der Waals surface area contributed by atoms with Crippen LogP contribution in [0.4, 0.5) is 16.2 Å². The van der Waals surface area contributed by atoms with E-state index < -0.39 is 6.10 Å². The number of benzene rings is 1. The lowest BCUT2D eigenvalue weighted by atomic mass is 9.54. The molecule has 2 atom stereocenters. The topological polar surface area (TPSA) is 103 Å². The molecule has 5 N–H and O–H groups in total. The third-order valence-corrected chi connectivity index (χ3v) is 6.86. The number of nitrogens with one attached hydrogen (secondary N) is 3. The van der Waals surface area contributed by atoms with Gasteiger partial charge in [-0.2, -0.15) is 0 Å². The van der Waals surface area contributed by atoms with Gasteiger partial charge in [-0.1, -0.05) is 6.07 Å². The van der Waals surface area contributed by atoms with Gasteiger partial charge in [0.05, 0.1) is 24.4 Å². The monoisotopic (exact) mass is 417 g/mol. The summed E-state index contributed by atoms with van der Waals surface area (Å²) < 4.78 is 6.54. The SMILES string of the molecule is CC(CNC(=O)Nc1cccc(NCC(O)CO)c1)OC12CC3CC(CC(C3)C1)C2. The highest BCUT2D eigenvalue weighted by Crippen LogP contribution is 2.57. The molecule has 7 heteroatoms. The fraction of sp³-hybridized carbons (Fsp3) is 0.696. The zero-order valence-electron chi connectivity index (χ0n) is 17.8. The summed E-state index contributed by atoms with van der Waals surface area (Å²) in [7, 11) is 0. The van der Waals surface area contributed by atoms with Crippen LogP contribution in [0.5, 0.6) is 0 Å². The highest BCUT2D eigenvalue weighted by molar-refractivity contribution is 5.89. The summed E-state index contributed by atoms with van der Waals surface area (Å²) in [4.78, 5) is 12.3. The van der Waals surface area contributed by atoms with Crippen molar-refractivity contribution in [2.45, 2.75) is 63.3 Å². The number of anilines is 2. The standard InChI is InChI=1S/C23H35N3O4/c1-15(30-23-9-16-5-17(10-23)7-18(6-16)11-23)12-25-22(29)26-20-4-2-3-19(8-20)24-13-21(28)14-27/h2-4,8,15-18,21,24,27-28H,5-7,9-14H2,1H3,(H2,25,26,29). The van der Waals surface area contributed by atoms with Gasteiger partial charge in [-0.05, 0) is 81.4 Å². The molecular weight excluding hydrogens is 382 g/mol. The number of carbonyl (C=O) groups is 1. The van der Waals surface area contributed by atoms with Gasteiger partial charge in [0.1, 0.15) is 0 Å². The molecule has 166 valence electrons. The molecular formula is C23H35N3O4. The van der Waals surface area contributed by atoms with Crippen molar-refractivity contribution in [2.24, 2.45) is 17.8 Å². The van der Waals surface area contributed by atoms with Crippen LogP contribution in [-0.4, -0.2) is 53.7 Å². The van der Waals surface area contributed by atoms with Crippen LogP contribution in [0.1, 0.15) is 45.4 Å². The molecule has 0 aliphatic heterocycles. The Balaban J connectivity index is 1.22. The first-order valence-electron chi connectivity index (χ1n) is 11.3. The molecule has 4 aliphatic rings. The van der Waals surface area contributed by atoms with Crippen molar-refractivity contribution in [1.29, 1.82) is 0 Å². The van der Waals surface area contributed by atoms with E-state index in [1.165, 1.54) is 38.5 Å². The van der Waals surface area contributed by atoms with Gasteiger partial charge < -0.3 is 30.9 Å². The van der Waals surface area contributed by atoms with Gasteiger partial charge in [-0.15, -0.1) is 0 Å². The predicted molar refractivity (Wildman–Crippen MR) is 116 cm³/mol. The number of carbonyl (C=O) groups excluding carboxylic acids is 1. The molecule has 2 amide bonds. The first-order chi connectivity index (χ1) is 14.4. The number of hydrogen-bond acceptors (Lipinski definition) is 5. The maximum Gasteiger partial charge on any atom is 0.319 e. The molecule has 4 aliphatic carbocycles. The lowest BCUT2D eigenvalue weighted by molar-refractivity contribution is -0.182. The van der Waals surface area contributed by atoms with Crippen molar-refractivity contribution >= 4 is 17.4 Å². The van der Waals surface area contributed by atoms with Crippen molar-refractivity contribution in [3.63, 3.8) is 0 Å². The number of hydrogen-bond donors (Lipinski definition) is 5. The molecule has 5 rings (SSSR count). The van der Waals surface area contributed by atoms with Crippen LogP contribution in [0, 0.1) is 17.8 Å². The molecule has 4 bridgehead atoms. The average molecular weight is 418 g/mol. The molecule has 0 aromatic heterocycles. The van der Waals surface area contributed by atoms with Gasteiger partial charge in [0, 0.05) is 24.5 Å². The molecule has 1 aromatic carbocycles. The minimum atomic E-state index is -0.819. The van der Waals surface area contributed by atoms with Crippen LogP contribution in [0.3, 0.4) is 0 Å². The van der Waals surface area contributed by atoms with Gasteiger partial charge in [0.2, 0.25) is 0 Å². The maximum atomic E-state index is 12.3. The molecule has 0 heterocycles. The van der Waals surface area contributed by atoms with Crippen molar-refractivity contribution in [2.75, 3.05) is 30.3 Å². The van der Waals surface area contributed by atoms with Crippen molar-refractivity contribution in [3.05, 3.63) is 24.3 Å². The Kier molecular flexibility index (Phi) is 6.51. The minimum Gasteiger partial charge on any atom is -0.394 e. The average Bonchev–Trinajstić information content (AvgIpc) is 2.69. The molecule has 30 heavy (non-hydrogen) atoms. The van der Waals surface area contributed by atoms with Crippen LogP contribution < -0.4 is 16.0 Å². The molecule has 2 unspecified atom stereocenters. The molecule has 0 spiro atoms. The summed E-state index contributed by atoms with van der Waals surface area (Å²) in [5.74, 6) is 2.54. The van der Waals surface area contributed by atoms with Gasteiger partial charge in [0.25, 0.3) is 0 Å². The second-order valence-corrected chi connectivity index (χ2v) is 9.66. The van der Waals surface area contributed by atoms with Crippen LogP contribution in [0.15, 0.2) is 24.3 Å². The predicted octanol–water partition coefficient (Wildman–Crippen LogP) is 2.95. The van der Waals surface area contributed by atoms with Crippen LogP contribution >= 0.6 is 0 Å². The summed E-state index contributed by atoms with van der Waals surface area (Å²) in [6.45, 7) is 2.48. The maximum absolute atomic E-state index is 12.3. The summed E-state index contributed by atoms with van der Waals surface area (Å²) >= 11 is 0. The Morgan fingerprint density at radius 3 is 2.40 bits per heavy atom. The third kappa shape index (κ3) is 5.25. The number of aliphatic hydroxyl groups excluding tert-OH is 2. The molecule has 0 radical (unpaired) electrons. The Hall–Kier alpha value is -1.83. The first-order valence-corrected chi connectivity index (χ1v) is 11.3. The number of rotatable bonds is 9. The zero-order valence-corrected chi connectivity index (χ0v) is 17.8. The summed E-state index contributed by atoms with van der Waals surface area (Å²) in [5.41, 5.74) is 1.47. The lowest BCUT2D eigenvalue weighted by Gasteiger charge is -2.57. The molecule has 4 fully saturated rings. The Labute approximate surface area is 178 Å². The van der Waals surface area contributed by atoms with Crippen molar-refractivity contribution < 1.29 is 19.7 Å². The van der Waals surface area contributed by atoms with Gasteiger partial charge in [-0.3, -0.25) is 0 Å². The molecule has 7 nitrogen and oxygen atoms in total. The highest BCUT2D eigenvalue weighted by Gasteiger charge is 2.52. The lowest BCUT2D eigenvalue weighted by Crippen LogP contribution is -2.54. The van der Waals surface area contributed by atoms with E-state index in [0.29, 0.717) is 12.2 Å². The molecule has 1 aromatic rings. The van der Waals surface area contributed by atoms with Crippen LogP contribution in [-0.2, 0) is 4.74 Å². The number of amides is 2. The molecule has 4 saturated carbocycles. The molecule has 0 saturated heterocycles. The Morgan fingerprint density at radius 2 is 1.77 bits per heavy atom. The first kappa shape index (κ1) is 21.4. The van der Waals surface area contributed by atoms with E-state index in [1.807, 2.05) is 18.2 Å². The summed E-state index contributed by atoms with van der Waals surface area (Å²) in [5, 5.41) is 27.1. The number of urea groups is 1. The van der Waals surface area contributed by atoms with Crippen LogP contribution in [0.25, 0.3) is 0 Å². The van der Waals surface area contributed by atoms with E-state index in [0.717, 1.165) is 23.4 Å². The van der Waals surface area contributed by atoms with Crippen molar-refractivity contribution in [1.82, 2.24) is 5.32 Å². The summed E-state index contributed by atoms with van der Waals surface area (Å²) in [6.07, 6.45) is 6.93. The fourth-order valence-corrected chi connectivity index (χ4v) is 6.06. The third-order valence-electron chi connectivity index (χ3n) is 6.86. The van der Waals surface area contributed by atoms with Gasteiger partial charge >= 0.3 is 6.03 Å². The minimum absolute atomic E-state index is 0.0139. The highest BCUT2D eigenvalue weighted by atomic mass is 16.5. The Morgan fingerprint density at radius 1 is 1.13 bits per heavy atom. The van der Waals surface area contributed by atoms with E-state index >= 15 is 0 Å². The second kappa shape index (κ2) is 9.12. The van der Waals surface area contributed by atoms with E-state index in [2.05, 4.69) is 22.9 Å². The van der Waals surface area contributed by atoms with Gasteiger partial charge in [-0.25, -0.2) is 4.79 Å². The zero-order chi connectivity index (χ0) is 21.1. The van der Waals surface area contributed by atoms with E-state index in [1.54, 1.807) is 6.07 Å². The normalized spacial score (nSPS) is 31.2. The fourth-order valence-electron chi connectivity index (χ4n) is 6.06. The number of ether oxygens (including phenoxy) is 1. The van der Waals surface area contributed by atoms with Crippen molar-refractivity contribution in [3.8, 4) is 0 Å². The van der Waals surface area contributed by atoms with E-state index in [9.17, 15) is 9.90 Å². The number of aliphatic hydroxyl groups is 2. The van der Waals surface area contributed by atoms with Crippen LogP contribution in [0.2, 0.25) is 0 Å². The summed E-state index contributed by atoms with van der Waals surface area (Å²) in [6, 6.07) is 7.00. The van der Waals surface area contributed by atoms with E-state index in [-0.39, 0.29) is 30.9 Å². The van der Waals surface area contributed by atoms with E-state index in [4.69, 9.17) is 9.84 Å². The smallest absolute Gasteiger partial charge is 0.319 e. The second-order valence-electron chi connectivity index (χ2n) is 9.66. The van der Waals surface area contributed by atoms with Gasteiger partial charge in [0.15, 0.2) is 0 Å². The quantitative estimate of drug-likeness (QED) is 0.425. The largest absolute Gasteiger partial charge is 0.394 e. The Bertz CT molecular complexity index is 706.